The highest BCUT2D eigenvalue weighted by Crippen LogP contribution is 2.53. The highest BCUT2D eigenvalue weighted by atomic mass is 16.7. The molecule has 1 heterocycles. The topological polar surface area (TPSA) is 18.5 Å². The average molecular weight is 563 g/mol. The van der Waals surface area contributed by atoms with Gasteiger partial charge in [-0.1, -0.05) is 145 Å². The van der Waals surface area contributed by atoms with Crippen molar-refractivity contribution in [1.82, 2.24) is 0 Å². The van der Waals surface area contributed by atoms with Crippen LogP contribution in [-0.4, -0.2) is 19.3 Å². The number of hydrogen-bond donors (Lipinski definition) is 0. The molecule has 2 unspecified atom stereocenters. The van der Waals surface area contributed by atoms with E-state index in [1.807, 2.05) is 0 Å². The zero-order valence-electron chi connectivity index (χ0n) is 25.5. The van der Waals surface area contributed by atoms with Gasteiger partial charge in [0.2, 0.25) is 0 Å². The van der Waals surface area contributed by atoms with Gasteiger partial charge >= 0.3 is 7.12 Å². The molecule has 0 spiro atoms. The van der Waals surface area contributed by atoms with Crippen molar-refractivity contribution >= 4 is 23.8 Å². The van der Waals surface area contributed by atoms with Crippen molar-refractivity contribution in [2.45, 2.75) is 39.2 Å². The van der Waals surface area contributed by atoms with Crippen molar-refractivity contribution in [1.29, 1.82) is 0 Å². The third kappa shape index (κ3) is 6.15. The Labute approximate surface area is 257 Å². The molecule has 0 amide bonds. The smallest absolute Gasteiger partial charge is 0.404 e. The maximum absolute atomic E-state index is 6.30. The molecule has 2 aliphatic rings. The molecule has 4 aromatic rings. The zero-order valence-corrected chi connectivity index (χ0v) is 25.5. The molecule has 0 bridgehead atoms. The standard InChI is InChI=1S/C40H39BO2/c1-5-34(41-42-28-40(3,4)43-41)26-29(2)35-27-36(30-18-10-6-11-19-30)38(32-22-14-8-15-23-32)39(33-24-16-9-17-25-33)37(35)31-20-12-7-13-21-31/h5-27,35,37H,28H2,1-4H3/b29-26+,34-5+. The van der Waals surface area contributed by atoms with Gasteiger partial charge in [-0.2, -0.15) is 0 Å². The first-order valence-electron chi connectivity index (χ1n) is 15.3. The van der Waals surface area contributed by atoms with E-state index in [9.17, 15) is 0 Å². The normalized spacial score (nSPS) is 20.7. The van der Waals surface area contributed by atoms with E-state index in [4.69, 9.17) is 9.31 Å². The van der Waals surface area contributed by atoms with Gasteiger partial charge in [-0.15, -0.1) is 0 Å². The van der Waals surface area contributed by atoms with Gasteiger partial charge in [0.1, 0.15) is 0 Å². The van der Waals surface area contributed by atoms with Crippen LogP contribution in [0, 0.1) is 5.92 Å². The summed E-state index contributed by atoms with van der Waals surface area (Å²) in [6.45, 7) is 9.08. The average Bonchev–Trinajstić information content (AvgIpc) is 3.43. The fourth-order valence-electron chi connectivity index (χ4n) is 6.43. The number of benzene rings is 4. The maximum Gasteiger partial charge on any atom is 0.494 e. The number of allylic oxidation sites excluding steroid dienone is 8. The summed E-state index contributed by atoms with van der Waals surface area (Å²) in [5.74, 6) is 0.201. The second kappa shape index (κ2) is 12.6. The van der Waals surface area contributed by atoms with Crippen molar-refractivity contribution in [2.75, 3.05) is 6.61 Å². The minimum Gasteiger partial charge on any atom is -0.404 e. The third-order valence-electron chi connectivity index (χ3n) is 8.48. The van der Waals surface area contributed by atoms with Gasteiger partial charge < -0.3 is 9.31 Å². The Morgan fingerprint density at radius 1 is 0.744 bits per heavy atom. The third-order valence-corrected chi connectivity index (χ3v) is 8.48. The number of hydrogen-bond acceptors (Lipinski definition) is 2. The molecule has 1 aliphatic carbocycles. The molecule has 0 saturated carbocycles. The van der Waals surface area contributed by atoms with Crippen LogP contribution in [0.1, 0.15) is 55.9 Å². The second-order valence-electron chi connectivity index (χ2n) is 12.1. The quantitative estimate of drug-likeness (QED) is 0.165. The van der Waals surface area contributed by atoms with Crippen LogP contribution in [0.25, 0.3) is 16.7 Å². The Bertz CT molecular complexity index is 1670. The largest absolute Gasteiger partial charge is 0.494 e. The molecule has 0 N–H and O–H groups in total. The first-order valence-corrected chi connectivity index (χ1v) is 15.3. The lowest BCUT2D eigenvalue weighted by molar-refractivity contribution is 0.136. The van der Waals surface area contributed by atoms with Crippen LogP contribution in [0.3, 0.4) is 0 Å². The Kier molecular flexibility index (Phi) is 8.47. The Morgan fingerprint density at radius 2 is 1.28 bits per heavy atom. The van der Waals surface area contributed by atoms with E-state index in [0.29, 0.717) is 6.61 Å². The van der Waals surface area contributed by atoms with Crippen LogP contribution in [-0.2, 0) is 9.31 Å². The summed E-state index contributed by atoms with van der Waals surface area (Å²) in [7, 11) is -0.365. The highest BCUT2D eigenvalue weighted by molar-refractivity contribution is 6.55. The molecular formula is C40H39BO2. The van der Waals surface area contributed by atoms with Gasteiger partial charge in [-0.05, 0) is 72.1 Å². The molecular weight excluding hydrogens is 523 g/mol. The number of rotatable bonds is 7. The van der Waals surface area contributed by atoms with Crippen molar-refractivity contribution in [3.63, 3.8) is 0 Å². The monoisotopic (exact) mass is 562 g/mol. The highest BCUT2D eigenvalue weighted by Gasteiger charge is 2.40. The Balaban J connectivity index is 1.61. The van der Waals surface area contributed by atoms with Gasteiger partial charge in [0.25, 0.3) is 0 Å². The minimum absolute atomic E-state index is 0.0995. The van der Waals surface area contributed by atoms with E-state index in [-0.39, 0.29) is 24.6 Å². The molecule has 0 radical (unpaired) electrons. The van der Waals surface area contributed by atoms with E-state index in [0.717, 1.165) is 5.47 Å². The molecule has 2 nitrogen and oxygen atoms in total. The van der Waals surface area contributed by atoms with Gasteiger partial charge in [0, 0.05) is 11.8 Å². The van der Waals surface area contributed by atoms with Crippen LogP contribution in [0.2, 0.25) is 0 Å². The second-order valence-corrected chi connectivity index (χ2v) is 12.1. The lowest BCUT2D eigenvalue weighted by atomic mass is 9.65. The van der Waals surface area contributed by atoms with E-state index < -0.39 is 0 Å². The van der Waals surface area contributed by atoms with Crippen molar-refractivity contribution < 1.29 is 9.31 Å². The zero-order chi connectivity index (χ0) is 29.8. The SMILES string of the molecule is C/C=C(\C=C(/C)C1C=C(c2ccccc2)C(c2ccccc2)=C(c2ccccc2)C1c1ccccc1)B1OCC(C)(C)O1. The first-order chi connectivity index (χ1) is 20.9. The Hall–Kier alpha value is -4.18. The van der Waals surface area contributed by atoms with Crippen LogP contribution in [0.4, 0.5) is 0 Å². The molecule has 3 heteroatoms. The summed E-state index contributed by atoms with van der Waals surface area (Å²) < 4.78 is 12.4. The fourth-order valence-corrected chi connectivity index (χ4v) is 6.43. The van der Waals surface area contributed by atoms with Gasteiger partial charge in [0.15, 0.2) is 0 Å². The predicted molar refractivity (Wildman–Crippen MR) is 181 cm³/mol. The molecule has 4 aromatic carbocycles. The molecule has 6 rings (SSSR count). The molecule has 0 aromatic heterocycles. The summed E-state index contributed by atoms with van der Waals surface area (Å²) in [4.78, 5) is 0. The summed E-state index contributed by atoms with van der Waals surface area (Å²) in [6.07, 6.45) is 6.92. The summed E-state index contributed by atoms with van der Waals surface area (Å²) >= 11 is 0. The summed E-state index contributed by atoms with van der Waals surface area (Å²) in [5.41, 5.74) is 10.9. The fraction of sp³-hybridized carbons (Fsp3) is 0.200. The van der Waals surface area contributed by atoms with Crippen LogP contribution < -0.4 is 0 Å². The molecule has 214 valence electrons. The lowest BCUT2D eigenvalue weighted by Gasteiger charge is -2.37. The van der Waals surface area contributed by atoms with Gasteiger partial charge in [-0.25, -0.2) is 0 Å². The minimum atomic E-state index is -0.365. The molecule has 1 fully saturated rings. The van der Waals surface area contributed by atoms with E-state index in [2.05, 4.69) is 167 Å². The van der Waals surface area contributed by atoms with Crippen LogP contribution in [0.5, 0.6) is 0 Å². The van der Waals surface area contributed by atoms with Gasteiger partial charge in [0.05, 0.1) is 12.2 Å². The molecule has 2 atom stereocenters. The first kappa shape index (κ1) is 28.9. The van der Waals surface area contributed by atoms with Crippen LogP contribution in [0.15, 0.2) is 151 Å². The van der Waals surface area contributed by atoms with E-state index >= 15 is 0 Å². The van der Waals surface area contributed by atoms with Gasteiger partial charge in [-0.3, -0.25) is 0 Å². The van der Waals surface area contributed by atoms with E-state index in [1.165, 1.54) is 44.5 Å². The predicted octanol–water partition coefficient (Wildman–Crippen LogP) is 9.84. The van der Waals surface area contributed by atoms with Crippen molar-refractivity contribution in [3.8, 4) is 0 Å². The van der Waals surface area contributed by atoms with E-state index in [1.54, 1.807) is 0 Å². The van der Waals surface area contributed by atoms with Crippen molar-refractivity contribution in [2.24, 2.45) is 5.92 Å². The molecule has 43 heavy (non-hydrogen) atoms. The lowest BCUT2D eigenvalue weighted by Crippen LogP contribution is -2.26. The van der Waals surface area contributed by atoms with Crippen molar-refractivity contribution in [3.05, 3.63) is 173 Å². The molecule has 1 saturated heterocycles. The van der Waals surface area contributed by atoms with Crippen LogP contribution >= 0.6 is 0 Å². The maximum atomic E-state index is 6.30. The Morgan fingerprint density at radius 3 is 1.81 bits per heavy atom. The molecule has 1 aliphatic heterocycles. The summed E-state index contributed by atoms with van der Waals surface area (Å²) in [5, 5.41) is 0. The summed E-state index contributed by atoms with van der Waals surface area (Å²) in [6, 6.07) is 43.6.